The normalized spacial score (nSPS) is 18.3. The number of nitrogens with one attached hydrogen (secondary N) is 3. The molecule has 2 aliphatic heterocycles. The number of imide groups is 1. The van der Waals surface area contributed by atoms with Crippen molar-refractivity contribution in [3.63, 3.8) is 0 Å². The van der Waals surface area contributed by atoms with Gasteiger partial charge in [-0.2, -0.15) is 0 Å². The van der Waals surface area contributed by atoms with Crippen molar-refractivity contribution >= 4 is 11.9 Å². The Kier molecular flexibility index (Phi) is 9.05. The zero-order valence-corrected chi connectivity index (χ0v) is 18.1. The summed E-state index contributed by atoms with van der Waals surface area (Å²) in [6.45, 7) is 5.53. The fraction of sp³-hybridized carbons (Fsp3) is 0.636. The number of hydrogen-bond donors (Lipinski definition) is 3. The molecule has 8 nitrogen and oxygen atoms in total. The molecule has 1 atom stereocenters. The van der Waals surface area contributed by atoms with Crippen LogP contribution in [0.2, 0.25) is 0 Å². The highest BCUT2D eigenvalue weighted by Gasteiger charge is 2.25. The minimum absolute atomic E-state index is 0.00895. The van der Waals surface area contributed by atoms with E-state index in [1.165, 1.54) is 11.0 Å². The van der Waals surface area contributed by atoms with Gasteiger partial charge in [-0.05, 0) is 56.2 Å². The second-order valence-electron chi connectivity index (χ2n) is 8.18. The SMILES string of the molecule is CC(NNCCCCCN1CC(=O)NC1=O)c1ccc(F)c(OCC2CCOCC2)c1. The molecule has 3 rings (SSSR count). The molecule has 1 unspecified atom stereocenters. The predicted molar refractivity (Wildman–Crippen MR) is 114 cm³/mol. The summed E-state index contributed by atoms with van der Waals surface area (Å²) >= 11 is 0. The fourth-order valence-corrected chi connectivity index (χ4v) is 3.69. The second kappa shape index (κ2) is 12.0. The molecule has 31 heavy (non-hydrogen) atoms. The van der Waals surface area contributed by atoms with E-state index < -0.39 is 0 Å². The van der Waals surface area contributed by atoms with E-state index in [0.717, 1.165) is 57.4 Å². The summed E-state index contributed by atoms with van der Waals surface area (Å²) in [5, 5.41) is 2.28. The van der Waals surface area contributed by atoms with E-state index in [4.69, 9.17) is 9.47 Å². The van der Waals surface area contributed by atoms with Gasteiger partial charge in [0.25, 0.3) is 0 Å². The first-order valence-corrected chi connectivity index (χ1v) is 11.1. The Morgan fingerprint density at radius 3 is 2.81 bits per heavy atom. The minimum Gasteiger partial charge on any atom is -0.490 e. The van der Waals surface area contributed by atoms with Gasteiger partial charge in [0.1, 0.15) is 6.54 Å². The van der Waals surface area contributed by atoms with Crippen molar-refractivity contribution in [1.82, 2.24) is 21.1 Å². The molecule has 0 saturated carbocycles. The standard InChI is InChI=1S/C22H33FN4O4/c1-16(26-24-9-3-2-4-10-27-14-21(28)25-22(27)29)18-5-6-19(23)20(13-18)31-15-17-7-11-30-12-8-17/h5-6,13,16-17,24,26H,2-4,7-12,14-15H2,1H3,(H,25,28,29). The van der Waals surface area contributed by atoms with Crippen molar-refractivity contribution in [2.75, 3.05) is 39.5 Å². The number of halogens is 1. The van der Waals surface area contributed by atoms with Crippen LogP contribution in [0.5, 0.6) is 5.75 Å². The maximum Gasteiger partial charge on any atom is 0.324 e. The summed E-state index contributed by atoms with van der Waals surface area (Å²) in [6, 6.07) is 4.67. The first kappa shape index (κ1) is 23.4. The Morgan fingerprint density at radius 2 is 2.06 bits per heavy atom. The van der Waals surface area contributed by atoms with Crippen molar-refractivity contribution in [3.8, 4) is 5.75 Å². The molecule has 0 spiro atoms. The number of ether oxygens (including phenoxy) is 2. The highest BCUT2D eigenvalue weighted by Crippen LogP contribution is 2.24. The van der Waals surface area contributed by atoms with Gasteiger partial charge in [0.2, 0.25) is 5.91 Å². The van der Waals surface area contributed by atoms with Crippen LogP contribution >= 0.6 is 0 Å². The second-order valence-corrected chi connectivity index (χ2v) is 8.18. The van der Waals surface area contributed by atoms with E-state index in [9.17, 15) is 14.0 Å². The van der Waals surface area contributed by atoms with Gasteiger partial charge in [0.05, 0.1) is 6.61 Å². The molecular weight excluding hydrogens is 403 g/mol. The lowest BCUT2D eigenvalue weighted by molar-refractivity contribution is -0.118. The van der Waals surface area contributed by atoms with Gasteiger partial charge in [0.15, 0.2) is 11.6 Å². The maximum absolute atomic E-state index is 14.1. The van der Waals surface area contributed by atoms with Crippen LogP contribution in [0.15, 0.2) is 18.2 Å². The highest BCUT2D eigenvalue weighted by atomic mass is 19.1. The highest BCUT2D eigenvalue weighted by molar-refractivity contribution is 6.01. The average molecular weight is 437 g/mol. The third-order valence-corrected chi connectivity index (χ3v) is 5.69. The molecule has 9 heteroatoms. The lowest BCUT2D eigenvalue weighted by Gasteiger charge is -2.22. The zero-order chi connectivity index (χ0) is 22.1. The molecule has 2 fully saturated rings. The monoisotopic (exact) mass is 436 g/mol. The number of unbranched alkanes of at least 4 members (excludes halogenated alkanes) is 2. The van der Waals surface area contributed by atoms with Crippen LogP contribution in [0.1, 0.15) is 50.6 Å². The van der Waals surface area contributed by atoms with E-state index in [1.54, 1.807) is 12.1 Å². The van der Waals surface area contributed by atoms with E-state index in [0.29, 0.717) is 24.8 Å². The Balaban J connectivity index is 1.32. The number of hydrogen-bond acceptors (Lipinski definition) is 6. The number of nitrogens with zero attached hydrogens (tertiary/aromatic N) is 1. The van der Waals surface area contributed by atoms with Crippen LogP contribution in [0.3, 0.4) is 0 Å². The summed E-state index contributed by atoms with van der Waals surface area (Å²) in [6.07, 6.45) is 4.64. The largest absolute Gasteiger partial charge is 0.490 e. The molecule has 1 aromatic carbocycles. The Hall–Kier alpha value is -2.23. The van der Waals surface area contributed by atoms with Crippen molar-refractivity contribution in [2.45, 2.75) is 45.1 Å². The summed E-state index contributed by atoms with van der Waals surface area (Å²) in [5.41, 5.74) is 7.38. The number of carbonyl (C=O) groups excluding carboxylic acids is 2. The quantitative estimate of drug-likeness (QED) is 0.265. The average Bonchev–Trinajstić information content (AvgIpc) is 3.09. The van der Waals surface area contributed by atoms with Crippen LogP contribution in [0, 0.1) is 11.7 Å². The third-order valence-electron chi connectivity index (χ3n) is 5.69. The minimum atomic E-state index is -0.343. The van der Waals surface area contributed by atoms with Gasteiger partial charge < -0.3 is 14.4 Å². The topological polar surface area (TPSA) is 91.9 Å². The number of rotatable bonds is 12. The van der Waals surface area contributed by atoms with E-state index in [1.807, 2.05) is 6.92 Å². The summed E-state index contributed by atoms with van der Waals surface area (Å²) in [4.78, 5) is 24.1. The zero-order valence-electron chi connectivity index (χ0n) is 18.1. The first-order chi connectivity index (χ1) is 15.0. The number of carbonyl (C=O) groups is 2. The van der Waals surface area contributed by atoms with Crippen LogP contribution in [0.4, 0.5) is 9.18 Å². The van der Waals surface area contributed by atoms with E-state index in [2.05, 4.69) is 16.2 Å². The lowest BCUT2D eigenvalue weighted by atomic mass is 10.0. The van der Waals surface area contributed by atoms with Crippen molar-refractivity contribution in [3.05, 3.63) is 29.6 Å². The van der Waals surface area contributed by atoms with E-state index >= 15 is 0 Å². The Labute approximate surface area is 182 Å². The van der Waals surface area contributed by atoms with Crippen molar-refractivity contribution in [2.24, 2.45) is 5.92 Å². The molecule has 0 radical (unpaired) electrons. The molecule has 172 valence electrons. The lowest BCUT2D eigenvalue weighted by Crippen LogP contribution is -2.35. The Bertz CT molecular complexity index is 742. The van der Waals surface area contributed by atoms with Crippen molar-refractivity contribution < 1.29 is 23.5 Å². The molecule has 3 N–H and O–H groups in total. The van der Waals surface area contributed by atoms with Crippen LogP contribution < -0.4 is 20.9 Å². The fourth-order valence-electron chi connectivity index (χ4n) is 3.69. The molecule has 2 aliphatic rings. The molecule has 0 aliphatic carbocycles. The predicted octanol–water partition coefficient (Wildman–Crippen LogP) is 2.51. The molecule has 3 amide bonds. The van der Waals surface area contributed by atoms with Crippen LogP contribution in [-0.4, -0.2) is 56.3 Å². The first-order valence-electron chi connectivity index (χ1n) is 11.1. The summed E-state index contributed by atoms with van der Waals surface area (Å²) < 4.78 is 25.2. The number of benzene rings is 1. The summed E-state index contributed by atoms with van der Waals surface area (Å²) in [5.74, 6) is 0.128. The number of hydrazine groups is 1. The smallest absolute Gasteiger partial charge is 0.324 e. The third kappa shape index (κ3) is 7.45. The Morgan fingerprint density at radius 1 is 1.26 bits per heavy atom. The number of urea groups is 1. The van der Waals surface area contributed by atoms with Gasteiger partial charge in [0, 0.05) is 32.3 Å². The van der Waals surface area contributed by atoms with Gasteiger partial charge in [-0.1, -0.05) is 12.5 Å². The molecule has 1 aromatic rings. The van der Waals surface area contributed by atoms with Gasteiger partial charge in [-0.3, -0.25) is 21.0 Å². The molecular formula is C22H33FN4O4. The van der Waals surface area contributed by atoms with E-state index in [-0.39, 0.29) is 30.3 Å². The van der Waals surface area contributed by atoms with Crippen LogP contribution in [-0.2, 0) is 9.53 Å². The van der Waals surface area contributed by atoms with Gasteiger partial charge in [-0.25, -0.2) is 9.18 Å². The van der Waals surface area contributed by atoms with Crippen LogP contribution in [0.25, 0.3) is 0 Å². The molecule has 0 bridgehead atoms. The molecule has 2 heterocycles. The molecule has 0 aromatic heterocycles. The summed E-state index contributed by atoms with van der Waals surface area (Å²) in [7, 11) is 0. The van der Waals surface area contributed by atoms with Crippen molar-refractivity contribution in [1.29, 1.82) is 0 Å². The number of amides is 3. The molecule has 2 saturated heterocycles. The van der Waals surface area contributed by atoms with Gasteiger partial charge in [-0.15, -0.1) is 0 Å². The van der Waals surface area contributed by atoms with Gasteiger partial charge >= 0.3 is 6.03 Å². The maximum atomic E-state index is 14.1.